The van der Waals surface area contributed by atoms with E-state index in [-0.39, 0.29) is 0 Å². The largest absolute Gasteiger partial charge is 0.380 e. The molecule has 126 valence electrons. The molecule has 0 N–H and O–H groups in total. The van der Waals surface area contributed by atoms with Crippen molar-refractivity contribution in [1.29, 1.82) is 0 Å². The average molecular weight is 289 g/mol. The van der Waals surface area contributed by atoms with Crippen LogP contribution in [0.5, 0.6) is 0 Å². The molecule has 0 aromatic carbocycles. The van der Waals surface area contributed by atoms with E-state index in [1.165, 1.54) is 32.1 Å². The first kappa shape index (κ1) is 24.9. The average Bonchev–Trinajstić information content (AvgIpc) is 2.55. The molecule has 0 rings (SSSR count). The van der Waals surface area contributed by atoms with Crippen LogP contribution in [0.1, 0.15) is 101 Å². The lowest BCUT2D eigenvalue weighted by molar-refractivity contribution is -0.0106. The van der Waals surface area contributed by atoms with Gasteiger partial charge in [-0.1, -0.05) is 69.2 Å². The van der Waals surface area contributed by atoms with Crippen LogP contribution in [0.25, 0.3) is 0 Å². The molecule has 0 atom stereocenters. The summed E-state index contributed by atoms with van der Waals surface area (Å²) in [5.74, 6) is 0. The number of hydrogen-bond donors (Lipinski definition) is 0. The molecular weight excluding hydrogens is 244 g/mol. The van der Waals surface area contributed by atoms with Gasteiger partial charge in [-0.15, -0.1) is 0 Å². The van der Waals surface area contributed by atoms with Crippen LogP contribution in [-0.2, 0) is 4.74 Å². The third-order valence-electron chi connectivity index (χ3n) is 4.82. The quantitative estimate of drug-likeness (QED) is 0.439. The molecule has 0 aromatic heterocycles. The van der Waals surface area contributed by atoms with Crippen LogP contribution in [0.3, 0.4) is 0 Å². The second-order valence-corrected chi connectivity index (χ2v) is 5.57. The highest BCUT2D eigenvalue weighted by Gasteiger charge is 2.26. The van der Waals surface area contributed by atoms with Gasteiger partial charge in [-0.05, 0) is 42.9 Å². The van der Waals surface area contributed by atoms with Gasteiger partial charge in [0.05, 0.1) is 13.2 Å². The summed E-state index contributed by atoms with van der Waals surface area (Å²) < 4.78 is 6.02. The van der Waals surface area contributed by atoms with E-state index in [0.29, 0.717) is 10.8 Å². The highest BCUT2D eigenvalue weighted by atomic mass is 16.5. The topological polar surface area (TPSA) is 9.23 Å². The summed E-state index contributed by atoms with van der Waals surface area (Å²) in [5, 5.41) is 0. The summed E-state index contributed by atoms with van der Waals surface area (Å²) >= 11 is 0. The van der Waals surface area contributed by atoms with E-state index in [9.17, 15) is 0 Å². The Morgan fingerprint density at radius 1 is 0.600 bits per heavy atom. The first-order chi connectivity index (χ1) is 9.51. The zero-order valence-corrected chi connectivity index (χ0v) is 16.4. The van der Waals surface area contributed by atoms with E-state index in [1.54, 1.807) is 0 Å². The van der Waals surface area contributed by atoms with Crippen molar-refractivity contribution in [2.75, 3.05) is 13.2 Å². The molecule has 0 unspecified atom stereocenters. The van der Waals surface area contributed by atoms with Crippen molar-refractivity contribution >= 4 is 0 Å². The number of ether oxygens (including phenoxy) is 1. The van der Waals surface area contributed by atoms with Gasteiger partial charge in [0.2, 0.25) is 0 Å². The Balaban J connectivity index is -0.000000656. The van der Waals surface area contributed by atoms with Gasteiger partial charge in [0, 0.05) is 0 Å². The Kier molecular flexibility index (Phi) is 19.1. The molecule has 0 bridgehead atoms. The normalized spacial score (nSPS) is 11.1. The summed E-state index contributed by atoms with van der Waals surface area (Å²) in [4.78, 5) is 0. The van der Waals surface area contributed by atoms with E-state index >= 15 is 0 Å². The summed E-state index contributed by atoms with van der Waals surface area (Å²) in [5.41, 5.74) is 0.795. The second-order valence-electron chi connectivity index (χ2n) is 5.57. The molecule has 1 nitrogen and oxygen atoms in total. The molecule has 0 spiro atoms. The van der Waals surface area contributed by atoms with Gasteiger partial charge >= 0.3 is 0 Å². The van der Waals surface area contributed by atoms with E-state index in [2.05, 4.69) is 41.5 Å². The minimum Gasteiger partial charge on any atom is -0.380 e. The monoisotopic (exact) mass is 288 g/mol. The van der Waals surface area contributed by atoms with Crippen molar-refractivity contribution in [1.82, 2.24) is 0 Å². The maximum absolute atomic E-state index is 6.02. The fraction of sp³-hybridized carbons (Fsp3) is 1.00. The van der Waals surface area contributed by atoms with Crippen LogP contribution in [0.15, 0.2) is 0 Å². The molecule has 0 amide bonds. The van der Waals surface area contributed by atoms with E-state index in [1.807, 2.05) is 27.7 Å². The molecule has 1 heteroatoms. The lowest BCUT2D eigenvalue weighted by Crippen LogP contribution is -2.29. The number of rotatable bonds is 9. The van der Waals surface area contributed by atoms with Gasteiger partial charge in [0.1, 0.15) is 0 Å². The van der Waals surface area contributed by atoms with Gasteiger partial charge < -0.3 is 4.74 Å². The fourth-order valence-electron chi connectivity index (χ4n) is 2.02. The zero-order valence-electron chi connectivity index (χ0n) is 16.4. The Labute approximate surface area is 130 Å². The van der Waals surface area contributed by atoms with Gasteiger partial charge in [0.25, 0.3) is 0 Å². The molecule has 0 aliphatic carbocycles. The molecule has 0 saturated carbocycles. The summed E-state index contributed by atoms with van der Waals surface area (Å²) in [6.45, 7) is 23.6. The van der Waals surface area contributed by atoms with Crippen molar-refractivity contribution in [2.24, 2.45) is 10.8 Å². The predicted octanol–water partition coefficient (Wildman–Crippen LogP) is 7.10. The van der Waals surface area contributed by atoms with Crippen molar-refractivity contribution in [3.63, 3.8) is 0 Å². The van der Waals surface area contributed by atoms with Crippen molar-refractivity contribution in [3.8, 4) is 0 Å². The van der Waals surface area contributed by atoms with Crippen molar-refractivity contribution < 1.29 is 4.74 Å². The molecule has 0 heterocycles. The lowest BCUT2D eigenvalue weighted by Gasteiger charge is -2.33. The van der Waals surface area contributed by atoms with Gasteiger partial charge in [0.15, 0.2) is 0 Å². The maximum Gasteiger partial charge on any atom is 0.0522 e. The van der Waals surface area contributed by atoms with Crippen LogP contribution in [0, 0.1) is 10.8 Å². The molecule has 0 aromatic rings. The Bertz CT molecular complexity index is 158. The van der Waals surface area contributed by atoms with E-state index < -0.39 is 0 Å². The molecule has 20 heavy (non-hydrogen) atoms. The minimum absolute atomic E-state index is 0.376. The highest BCUT2D eigenvalue weighted by molar-refractivity contribution is 4.76. The standard InChI is InChI=1S/C15H32O.2C2H6/c1-7-14(6,8-2)12-16-13-15(9-3,10-4)11-5;2*1-2/h7-13H2,1-6H3;2*1-2H3. The molecule has 0 saturated heterocycles. The van der Waals surface area contributed by atoms with Crippen LogP contribution in [0.2, 0.25) is 0 Å². The minimum atomic E-state index is 0.376. The Morgan fingerprint density at radius 2 is 0.950 bits per heavy atom. The smallest absolute Gasteiger partial charge is 0.0522 e. The Hall–Kier alpha value is -0.0400. The van der Waals surface area contributed by atoms with Crippen LogP contribution in [-0.4, -0.2) is 13.2 Å². The van der Waals surface area contributed by atoms with Crippen LogP contribution >= 0.6 is 0 Å². The fourth-order valence-corrected chi connectivity index (χ4v) is 2.02. The molecular formula is C19H44O. The second kappa shape index (κ2) is 15.4. The molecule has 0 fully saturated rings. The van der Waals surface area contributed by atoms with E-state index in [0.717, 1.165) is 13.2 Å². The van der Waals surface area contributed by atoms with Crippen molar-refractivity contribution in [2.45, 2.75) is 101 Å². The van der Waals surface area contributed by atoms with Crippen LogP contribution in [0.4, 0.5) is 0 Å². The summed E-state index contributed by atoms with van der Waals surface area (Å²) in [6.07, 6.45) is 6.11. The zero-order chi connectivity index (χ0) is 16.7. The Morgan fingerprint density at radius 3 is 1.20 bits per heavy atom. The first-order valence-corrected chi connectivity index (χ1v) is 9.09. The maximum atomic E-state index is 6.02. The SMILES string of the molecule is CC.CC.CCC(C)(CC)COCC(CC)(CC)CC. The number of hydrogen-bond acceptors (Lipinski definition) is 1. The van der Waals surface area contributed by atoms with Gasteiger partial charge in [-0.25, -0.2) is 0 Å². The third kappa shape index (κ3) is 9.80. The van der Waals surface area contributed by atoms with Gasteiger partial charge in [-0.2, -0.15) is 0 Å². The van der Waals surface area contributed by atoms with Gasteiger partial charge in [-0.3, -0.25) is 0 Å². The first-order valence-electron chi connectivity index (χ1n) is 9.09. The summed E-state index contributed by atoms with van der Waals surface area (Å²) in [6, 6.07) is 0. The van der Waals surface area contributed by atoms with Crippen molar-refractivity contribution in [3.05, 3.63) is 0 Å². The molecule has 0 aliphatic rings. The third-order valence-corrected chi connectivity index (χ3v) is 4.82. The molecule has 0 aliphatic heterocycles. The highest BCUT2D eigenvalue weighted by Crippen LogP contribution is 2.32. The van der Waals surface area contributed by atoms with E-state index in [4.69, 9.17) is 4.74 Å². The lowest BCUT2D eigenvalue weighted by atomic mass is 9.80. The van der Waals surface area contributed by atoms with Crippen LogP contribution < -0.4 is 0 Å². The summed E-state index contributed by atoms with van der Waals surface area (Å²) in [7, 11) is 0. The predicted molar refractivity (Wildman–Crippen MR) is 95.5 cm³/mol. The molecule has 0 radical (unpaired) electrons.